The molecule has 1 aliphatic rings. The smallest absolute Gasteiger partial charge is 0.258 e. The maximum Gasteiger partial charge on any atom is 0.258 e. The molecule has 0 fully saturated rings. The molecule has 3 N–H and O–H groups in total. The zero-order valence-corrected chi connectivity index (χ0v) is 24.5. The molecule has 3 aromatic rings. The van der Waals surface area contributed by atoms with Crippen molar-refractivity contribution >= 4 is 46.1 Å². The Labute approximate surface area is 242 Å². The van der Waals surface area contributed by atoms with E-state index in [1.165, 1.54) is 0 Å². The molecule has 0 aromatic heterocycles. The minimum Gasteiger partial charge on any atom is -0.354 e. The molecule has 0 radical (unpaired) electrons. The van der Waals surface area contributed by atoms with Gasteiger partial charge in [-0.1, -0.05) is 44.2 Å². The number of nitrogens with zero attached hydrogens (tertiary/aromatic N) is 2. The van der Waals surface area contributed by atoms with Crippen LogP contribution < -0.4 is 20.9 Å². The maximum absolute atomic E-state index is 13.3. The van der Waals surface area contributed by atoms with Gasteiger partial charge in [-0.3, -0.25) is 14.4 Å². The predicted molar refractivity (Wildman–Crippen MR) is 167 cm³/mol. The minimum atomic E-state index is -0.244. The van der Waals surface area contributed by atoms with E-state index in [9.17, 15) is 14.4 Å². The lowest BCUT2D eigenvalue weighted by molar-refractivity contribution is -0.118. The Morgan fingerprint density at radius 3 is 2.27 bits per heavy atom. The van der Waals surface area contributed by atoms with Crippen molar-refractivity contribution in [3.8, 4) is 0 Å². The van der Waals surface area contributed by atoms with Gasteiger partial charge in [0.2, 0.25) is 5.91 Å². The first-order valence-electron chi connectivity index (χ1n) is 14.0. The van der Waals surface area contributed by atoms with Gasteiger partial charge in [0.05, 0.1) is 11.3 Å². The fraction of sp³-hybridized carbons (Fsp3) is 0.303. The van der Waals surface area contributed by atoms with E-state index in [0.717, 1.165) is 23.4 Å². The Morgan fingerprint density at radius 2 is 1.61 bits per heavy atom. The quantitative estimate of drug-likeness (QED) is 0.280. The SMILES string of the molecule is CC(C)CCNC(=O)c1ccc2c(c1)/C(=C(/Nc1ccc(N(C)C(=O)CCN(C)C)cc1)c1ccccc1)C(=O)N2. The number of benzene rings is 3. The lowest BCUT2D eigenvalue weighted by Crippen LogP contribution is -2.29. The van der Waals surface area contributed by atoms with Gasteiger partial charge in [0.1, 0.15) is 0 Å². The van der Waals surface area contributed by atoms with Crippen molar-refractivity contribution in [2.45, 2.75) is 26.7 Å². The number of fused-ring (bicyclic) bond motifs is 1. The number of anilines is 3. The summed E-state index contributed by atoms with van der Waals surface area (Å²) in [6.45, 7) is 5.51. The second-order valence-corrected chi connectivity index (χ2v) is 10.9. The molecule has 1 heterocycles. The van der Waals surface area contributed by atoms with Crippen LogP contribution in [0, 0.1) is 5.92 Å². The monoisotopic (exact) mass is 553 g/mol. The van der Waals surface area contributed by atoms with E-state index < -0.39 is 0 Å². The molecule has 4 rings (SSSR count). The van der Waals surface area contributed by atoms with Crippen LogP contribution in [0.5, 0.6) is 0 Å². The number of carbonyl (C=O) groups is 3. The Balaban J connectivity index is 1.65. The molecule has 0 atom stereocenters. The summed E-state index contributed by atoms with van der Waals surface area (Å²) in [4.78, 5) is 42.4. The summed E-state index contributed by atoms with van der Waals surface area (Å²) in [6.07, 6.45) is 1.32. The maximum atomic E-state index is 13.3. The highest BCUT2D eigenvalue weighted by Crippen LogP contribution is 2.38. The van der Waals surface area contributed by atoms with Crippen molar-refractivity contribution in [1.82, 2.24) is 10.2 Å². The third-order valence-electron chi connectivity index (χ3n) is 7.02. The van der Waals surface area contributed by atoms with E-state index in [2.05, 4.69) is 29.8 Å². The van der Waals surface area contributed by atoms with Crippen LogP contribution in [0.4, 0.5) is 17.1 Å². The van der Waals surface area contributed by atoms with E-state index in [1.807, 2.05) is 73.6 Å². The summed E-state index contributed by atoms with van der Waals surface area (Å²) in [6, 6.07) is 22.5. The Morgan fingerprint density at radius 1 is 0.902 bits per heavy atom. The van der Waals surface area contributed by atoms with E-state index >= 15 is 0 Å². The normalized spacial score (nSPS) is 13.6. The standard InChI is InChI=1S/C33H39N5O3/c1-22(2)17-19-34-32(40)24-11-16-28-27(21-24)30(33(41)36-28)31(23-9-7-6-8-10-23)35-25-12-14-26(15-13-25)38(5)29(39)18-20-37(3)4/h6-16,21-22,35H,17-20H2,1-5H3,(H,34,40)(H,36,41)/b31-30-. The van der Waals surface area contributed by atoms with Crippen molar-refractivity contribution in [3.05, 3.63) is 89.5 Å². The number of hydrogen-bond donors (Lipinski definition) is 3. The molecule has 0 spiro atoms. The van der Waals surface area contributed by atoms with Gasteiger partial charge in [-0.15, -0.1) is 0 Å². The molecule has 1 aliphatic heterocycles. The highest BCUT2D eigenvalue weighted by atomic mass is 16.2. The van der Waals surface area contributed by atoms with E-state index in [1.54, 1.807) is 30.1 Å². The highest BCUT2D eigenvalue weighted by Gasteiger charge is 2.29. The van der Waals surface area contributed by atoms with Gasteiger partial charge in [0.15, 0.2) is 0 Å². The molecule has 41 heavy (non-hydrogen) atoms. The second kappa shape index (κ2) is 13.3. The van der Waals surface area contributed by atoms with Crippen molar-refractivity contribution < 1.29 is 14.4 Å². The number of rotatable bonds is 11. The second-order valence-electron chi connectivity index (χ2n) is 10.9. The molecule has 0 aliphatic carbocycles. The number of hydrogen-bond acceptors (Lipinski definition) is 5. The van der Waals surface area contributed by atoms with Crippen molar-refractivity contribution in [2.24, 2.45) is 5.92 Å². The fourth-order valence-electron chi connectivity index (χ4n) is 4.56. The molecule has 8 nitrogen and oxygen atoms in total. The molecule has 3 amide bonds. The Kier molecular flexibility index (Phi) is 9.57. The molecule has 0 bridgehead atoms. The molecule has 0 unspecified atom stereocenters. The Hall–Kier alpha value is -4.43. The van der Waals surface area contributed by atoms with Crippen LogP contribution >= 0.6 is 0 Å². The zero-order chi connectivity index (χ0) is 29.5. The third kappa shape index (κ3) is 7.41. The summed E-state index contributed by atoms with van der Waals surface area (Å²) in [5.74, 6) is 0.117. The van der Waals surface area contributed by atoms with Gasteiger partial charge in [-0.2, -0.15) is 0 Å². The first-order valence-corrected chi connectivity index (χ1v) is 14.0. The molecular formula is C33H39N5O3. The summed E-state index contributed by atoms with van der Waals surface area (Å²) in [5, 5.41) is 9.37. The first kappa shape index (κ1) is 29.6. The van der Waals surface area contributed by atoms with Crippen LogP contribution in [0.1, 0.15) is 48.2 Å². The predicted octanol–water partition coefficient (Wildman–Crippen LogP) is 5.31. The topological polar surface area (TPSA) is 93.8 Å². The first-order chi connectivity index (χ1) is 19.6. The van der Waals surface area contributed by atoms with Crippen molar-refractivity contribution in [3.63, 3.8) is 0 Å². The lowest BCUT2D eigenvalue weighted by Gasteiger charge is -2.20. The number of amides is 3. The summed E-state index contributed by atoms with van der Waals surface area (Å²) in [7, 11) is 5.66. The van der Waals surface area contributed by atoms with Gasteiger partial charge >= 0.3 is 0 Å². The molecule has 0 saturated carbocycles. The Bertz CT molecular complexity index is 1430. The summed E-state index contributed by atoms with van der Waals surface area (Å²) in [5.41, 5.74) is 5.29. The molecule has 214 valence electrons. The van der Waals surface area contributed by atoms with Crippen LogP contribution in [0.25, 0.3) is 11.3 Å². The van der Waals surface area contributed by atoms with E-state index in [4.69, 9.17) is 0 Å². The summed E-state index contributed by atoms with van der Waals surface area (Å²) >= 11 is 0. The minimum absolute atomic E-state index is 0.0368. The fourth-order valence-corrected chi connectivity index (χ4v) is 4.56. The third-order valence-corrected chi connectivity index (χ3v) is 7.02. The van der Waals surface area contributed by atoms with Crippen molar-refractivity contribution in [2.75, 3.05) is 49.8 Å². The van der Waals surface area contributed by atoms with Gasteiger partial charge < -0.3 is 25.8 Å². The summed E-state index contributed by atoms with van der Waals surface area (Å²) < 4.78 is 0. The van der Waals surface area contributed by atoms with Crippen LogP contribution in [0.3, 0.4) is 0 Å². The van der Waals surface area contributed by atoms with Crippen LogP contribution in [-0.2, 0) is 9.59 Å². The molecule has 3 aromatic carbocycles. The zero-order valence-electron chi connectivity index (χ0n) is 24.5. The van der Waals surface area contributed by atoms with E-state index in [0.29, 0.717) is 53.5 Å². The van der Waals surface area contributed by atoms with Gasteiger partial charge in [-0.25, -0.2) is 0 Å². The average Bonchev–Trinajstić information content (AvgIpc) is 3.29. The van der Waals surface area contributed by atoms with Gasteiger partial charge in [0.25, 0.3) is 11.8 Å². The molecular weight excluding hydrogens is 514 g/mol. The lowest BCUT2D eigenvalue weighted by atomic mass is 9.98. The number of nitrogens with one attached hydrogen (secondary N) is 3. The average molecular weight is 554 g/mol. The number of carbonyl (C=O) groups excluding carboxylic acids is 3. The van der Waals surface area contributed by atoms with Crippen LogP contribution in [0.15, 0.2) is 72.8 Å². The van der Waals surface area contributed by atoms with Crippen molar-refractivity contribution in [1.29, 1.82) is 0 Å². The molecule has 8 heteroatoms. The molecule has 0 saturated heterocycles. The van der Waals surface area contributed by atoms with Gasteiger partial charge in [-0.05, 0) is 74.5 Å². The van der Waals surface area contributed by atoms with Crippen LogP contribution in [-0.4, -0.2) is 56.9 Å². The van der Waals surface area contributed by atoms with Crippen LogP contribution in [0.2, 0.25) is 0 Å². The highest BCUT2D eigenvalue weighted by molar-refractivity contribution is 6.37. The van der Waals surface area contributed by atoms with E-state index in [-0.39, 0.29) is 17.7 Å². The largest absolute Gasteiger partial charge is 0.354 e. The van der Waals surface area contributed by atoms with Gasteiger partial charge in [0, 0.05) is 54.7 Å².